The lowest BCUT2D eigenvalue weighted by Crippen LogP contribution is -2.34. The van der Waals surface area contributed by atoms with Crippen LogP contribution in [0, 0.1) is 13.8 Å². The number of fused-ring (bicyclic) bond motifs is 1. The molecule has 1 aliphatic rings. The SMILES string of the molecule is Cc1nc(Cl)c(N2CCc3sccc3C2C)nc1C. The minimum Gasteiger partial charge on any atom is -0.347 e. The van der Waals surface area contributed by atoms with Crippen LogP contribution in [0.4, 0.5) is 5.82 Å². The van der Waals surface area contributed by atoms with E-state index < -0.39 is 0 Å². The average Bonchev–Trinajstić information content (AvgIpc) is 2.84. The summed E-state index contributed by atoms with van der Waals surface area (Å²) in [6.07, 6.45) is 1.06. The minimum absolute atomic E-state index is 0.309. The molecule has 2 aromatic rings. The van der Waals surface area contributed by atoms with Crippen LogP contribution >= 0.6 is 22.9 Å². The van der Waals surface area contributed by atoms with Crippen molar-refractivity contribution in [2.75, 3.05) is 11.4 Å². The van der Waals surface area contributed by atoms with Crippen LogP contribution < -0.4 is 4.90 Å². The maximum atomic E-state index is 6.29. The highest BCUT2D eigenvalue weighted by Crippen LogP contribution is 2.37. The van der Waals surface area contributed by atoms with Crippen LogP contribution in [0.2, 0.25) is 5.15 Å². The Kier molecular flexibility index (Phi) is 3.23. The van der Waals surface area contributed by atoms with E-state index in [1.807, 2.05) is 25.2 Å². The lowest BCUT2D eigenvalue weighted by molar-refractivity contribution is 0.622. The topological polar surface area (TPSA) is 29.0 Å². The van der Waals surface area contributed by atoms with E-state index in [9.17, 15) is 0 Å². The minimum atomic E-state index is 0.309. The second-order valence-corrected chi connectivity index (χ2v) is 6.29. The van der Waals surface area contributed by atoms with Gasteiger partial charge in [-0.2, -0.15) is 0 Å². The van der Waals surface area contributed by atoms with Crippen LogP contribution in [0.1, 0.15) is 34.8 Å². The highest BCUT2D eigenvalue weighted by Gasteiger charge is 2.27. The first kappa shape index (κ1) is 12.9. The molecule has 0 bridgehead atoms. The number of aryl methyl sites for hydroxylation is 2. The molecule has 19 heavy (non-hydrogen) atoms. The zero-order chi connectivity index (χ0) is 13.6. The average molecular weight is 294 g/mol. The van der Waals surface area contributed by atoms with Crippen molar-refractivity contribution in [3.8, 4) is 0 Å². The van der Waals surface area contributed by atoms with Gasteiger partial charge in [0.2, 0.25) is 0 Å². The predicted octanol–water partition coefficient (Wildman–Crippen LogP) is 3.93. The van der Waals surface area contributed by atoms with Gasteiger partial charge in [-0.15, -0.1) is 11.3 Å². The van der Waals surface area contributed by atoms with Gasteiger partial charge < -0.3 is 4.90 Å². The third kappa shape index (κ3) is 2.13. The fraction of sp³-hybridized carbons (Fsp3) is 0.429. The normalized spacial score (nSPS) is 18.5. The highest BCUT2D eigenvalue weighted by atomic mass is 35.5. The Bertz CT molecular complexity index is 623. The summed E-state index contributed by atoms with van der Waals surface area (Å²) in [6, 6.07) is 2.52. The van der Waals surface area contributed by atoms with Crippen LogP contribution in [-0.2, 0) is 6.42 Å². The number of halogens is 1. The molecule has 3 nitrogen and oxygen atoms in total. The first-order chi connectivity index (χ1) is 9.08. The van der Waals surface area contributed by atoms with E-state index in [0.29, 0.717) is 11.2 Å². The van der Waals surface area contributed by atoms with Gasteiger partial charge in [0.15, 0.2) is 11.0 Å². The van der Waals surface area contributed by atoms with Gasteiger partial charge in [-0.25, -0.2) is 9.97 Å². The van der Waals surface area contributed by atoms with Crippen LogP contribution in [0.3, 0.4) is 0 Å². The Labute approximate surface area is 122 Å². The molecule has 3 rings (SSSR count). The molecule has 0 radical (unpaired) electrons. The summed E-state index contributed by atoms with van der Waals surface area (Å²) >= 11 is 8.13. The van der Waals surface area contributed by atoms with Gasteiger partial charge in [-0.1, -0.05) is 11.6 Å². The number of thiophene rings is 1. The third-order valence-electron chi connectivity index (χ3n) is 3.80. The molecule has 2 aromatic heterocycles. The molecule has 0 aliphatic carbocycles. The van der Waals surface area contributed by atoms with E-state index in [0.717, 1.165) is 30.2 Å². The monoisotopic (exact) mass is 293 g/mol. The Hall–Kier alpha value is -1.13. The lowest BCUT2D eigenvalue weighted by Gasteiger charge is -2.35. The van der Waals surface area contributed by atoms with Crippen molar-refractivity contribution in [2.45, 2.75) is 33.2 Å². The van der Waals surface area contributed by atoms with Gasteiger partial charge in [-0.05, 0) is 44.2 Å². The molecule has 0 saturated carbocycles. The molecular formula is C14H16ClN3S. The molecule has 1 unspecified atom stereocenters. The van der Waals surface area contributed by atoms with Crippen molar-refractivity contribution in [2.24, 2.45) is 0 Å². The van der Waals surface area contributed by atoms with Gasteiger partial charge in [-0.3, -0.25) is 0 Å². The van der Waals surface area contributed by atoms with Gasteiger partial charge >= 0.3 is 0 Å². The second-order valence-electron chi connectivity index (χ2n) is 4.93. The van der Waals surface area contributed by atoms with Gasteiger partial charge in [0.05, 0.1) is 17.4 Å². The molecule has 0 saturated heterocycles. The standard InChI is InChI=1S/C14H16ClN3S/c1-8-9(2)17-14(13(15)16-8)18-6-4-12-11(10(18)3)5-7-19-12/h5,7,10H,4,6H2,1-3H3. The lowest BCUT2D eigenvalue weighted by atomic mass is 10.0. The second kappa shape index (κ2) is 4.76. The zero-order valence-electron chi connectivity index (χ0n) is 11.3. The molecule has 1 aliphatic heterocycles. The number of aromatic nitrogens is 2. The summed E-state index contributed by atoms with van der Waals surface area (Å²) in [5, 5.41) is 2.67. The third-order valence-corrected chi connectivity index (χ3v) is 5.05. The quantitative estimate of drug-likeness (QED) is 0.798. The van der Waals surface area contributed by atoms with Crippen molar-refractivity contribution in [1.29, 1.82) is 0 Å². The van der Waals surface area contributed by atoms with E-state index in [1.165, 1.54) is 10.4 Å². The largest absolute Gasteiger partial charge is 0.347 e. The molecule has 1 atom stereocenters. The van der Waals surface area contributed by atoms with Crippen molar-refractivity contribution >= 4 is 28.8 Å². The number of hydrogen-bond donors (Lipinski definition) is 0. The molecule has 0 aromatic carbocycles. The molecule has 0 fully saturated rings. The number of hydrogen-bond acceptors (Lipinski definition) is 4. The Morgan fingerprint density at radius 1 is 1.32 bits per heavy atom. The fourth-order valence-electron chi connectivity index (χ4n) is 2.55. The Morgan fingerprint density at radius 2 is 2.05 bits per heavy atom. The number of rotatable bonds is 1. The molecule has 0 spiro atoms. The van der Waals surface area contributed by atoms with E-state index >= 15 is 0 Å². The summed E-state index contributed by atoms with van der Waals surface area (Å²) in [7, 11) is 0. The maximum absolute atomic E-state index is 6.29. The zero-order valence-corrected chi connectivity index (χ0v) is 12.8. The van der Waals surface area contributed by atoms with Gasteiger partial charge in [0.1, 0.15) is 0 Å². The Morgan fingerprint density at radius 3 is 2.84 bits per heavy atom. The molecule has 0 N–H and O–H groups in total. The van der Waals surface area contributed by atoms with Crippen LogP contribution in [0.25, 0.3) is 0 Å². The van der Waals surface area contributed by atoms with E-state index in [2.05, 4.69) is 33.2 Å². The van der Waals surface area contributed by atoms with E-state index in [-0.39, 0.29) is 0 Å². The molecular weight excluding hydrogens is 278 g/mol. The van der Waals surface area contributed by atoms with Crippen LogP contribution in [-0.4, -0.2) is 16.5 Å². The first-order valence-electron chi connectivity index (χ1n) is 6.41. The molecule has 0 amide bonds. The summed E-state index contributed by atoms with van der Waals surface area (Å²) < 4.78 is 0. The van der Waals surface area contributed by atoms with Gasteiger partial charge in [0.25, 0.3) is 0 Å². The maximum Gasteiger partial charge on any atom is 0.171 e. The fourth-order valence-corrected chi connectivity index (χ4v) is 3.79. The summed E-state index contributed by atoms with van der Waals surface area (Å²) in [5.41, 5.74) is 3.24. The van der Waals surface area contributed by atoms with Gasteiger partial charge in [0, 0.05) is 11.4 Å². The first-order valence-corrected chi connectivity index (χ1v) is 7.67. The molecule has 100 valence electrons. The smallest absolute Gasteiger partial charge is 0.171 e. The van der Waals surface area contributed by atoms with Crippen molar-refractivity contribution < 1.29 is 0 Å². The Balaban J connectivity index is 2.02. The van der Waals surface area contributed by atoms with Crippen LogP contribution in [0.5, 0.6) is 0 Å². The summed E-state index contributed by atoms with van der Waals surface area (Å²) in [5.74, 6) is 0.814. The number of nitrogens with zero attached hydrogens (tertiary/aromatic N) is 3. The van der Waals surface area contributed by atoms with Crippen molar-refractivity contribution in [3.63, 3.8) is 0 Å². The number of anilines is 1. The molecule has 3 heterocycles. The van der Waals surface area contributed by atoms with E-state index in [4.69, 9.17) is 11.6 Å². The van der Waals surface area contributed by atoms with Crippen LogP contribution in [0.15, 0.2) is 11.4 Å². The van der Waals surface area contributed by atoms with Crippen molar-refractivity contribution in [3.05, 3.63) is 38.4 Å². The predicted molar refractivity (Wildman–Crippen MR) is 80.3 cm³/mol. The molecule has 5 heteroatoms. The highest BCUT2D eigenvalue weighted by molar-refractivity contribution is 7.10. The van der Waals surface area contributed by atoms with E-state index in [1.54, 1.807) is 0 Å². The van der Waals surface area contributed by atoms with Crippen molar-refractivity contribution in [1.82, 2.24) is 9.97 Å². The summed E-state index contributed by atoms with van der Waals surface area (Å²) in [6.45, 7) is 7.07. The summed E-state index contributed by atoms with van der Waals surface area (Å²) in [4.78, 5) is 12.8.